The Morgan fingerprint density at radius 1 is 0.526 bits per heavy atom. The number of nitrogens with zero attached hydrogens (tertiary/aromatic N) is 2. The summed E-state index contributed by atoms with van der Waals surface area (Å²) in [5.74, 6) is 0. The Labute approximate surface area is 227 Å². The highest BCUT2D eigenvalue weighted by molar-refractivity contribution is 5.91. The Kier molecular flexibility index (Phi) is 17.0. The third-order valence-electron chi connectivity index (χ3n) is 5.86. The summed E-state index contributed by atoms with van der Waals surface area (Å²) < 4.78 is 33.8. The highest BCUT2D eigenvalue weighted by atomic mass is 16.5. The van der Waals surface area contributed by atoms with Gasteiger partial charge >= 0.3 is 0 Å². The molecule has 0 spiro atoms. The quantitative estimate of drug-likeness (QED) is 0.191. The molecule has 0 aliphatic carbocycles. The summed E-state index contributed by atoms with van der Waals surface area (Å²) in [7, 11) is 0. The van der Waals surface area contributed by atoms with Crippen molar-refractivity contribution in [3.63, 3.8) is 0 Å². The lowest BCUT2D eigenvalue weighted by Gasteiger charge is -2.14. The minimum absolute atomic E-state index is 0.347. The predicted octanol–water partition coefficient (Wildman–Crippen LogP) is 5.28. The number of ether oxygens (including phenoxy) is 6. The summed E-state index contributed by atoms with van der Waals surface area (Å²) >= 11 is 0. The fourth-order valence-electron chi connectivity index (χ4n) is 3.69. The molecule has 0 amide bonds. The second-order valence-corrected chi connectivity index (χ2v) is 8.81. The van der Waals surface area contributed by atoms with Gasteiger partial charge in [0.05, 0.1) is 77.2 Å². The normalized spacial score (nSPS) is 11.1. The van der Waals surface area contributed by atoms with E-state index >= 15 is 0 Å². The van der Waals surface area contributed by atoms with Gasteiger partial charge < -0.3 is 28.4 Å². The van der Waals surface area contributed by atoms with E-state index in [4.69, 9.17) is 28.4 Å². The highest BCUT2D eigenvalue weighted by Gasteiger charge is 2.12. The Morgan fingerprint density at radius 2 is 0.868 bits per heavy atom. The molecule has 0 heterocycles. The van der Waals surface area contributed by atoms with Crippen LogP contribution in [-0.2, 0) is 41.6 Å². The molecular weight excluding hydrogens is 484 g/mol. The standard InChI is InChI=1S/C30H42N2O6/c1-3-5-9-33-11-13-35-15-17-37-23-25-7-8-26(24-38-18-16-36-14-12-34-10-6-4-2)30-20-28(22-32)27(21-31)19-29(25)30/h7-8,19-20H,3-6,9-18,23-24H2,1-2H3. The number of unbranched alkanes of at least 4 members (excludes halogenated alkanes) is 2. The average molecular weight is 527 g/mol. The Balaban J connectivity index is 1.87. The lowest BCUT2D eigenvalue weighted by Crippen LogP contribution is -2.10. The lowest BCUT2D eigenvalue weighted by molar-refractivity contribution is 0.0100. The number of rotatable bonds is 22. The van der Waals surface area contributed by atoms with E-state index in [1.165, 1.54) is 0 Å². The lowest BCUT2D eigenvalue weighted by atomic mass is 9.95. The van der Waals surface area contributed by atoms with Crippen molar-refractivity contribution in [2.45, 2.75) is 52.7 Å². The van der Waals surface area contributed by atoms with Gasteiger partial charge in [0.2, 0.25) is 0 Å². The van der Waals surface area contributed by atoms with E-state index in [0.717, 1.165) is 60.8 Å². The van der Waals surface area contributed by atoms with Crippen LogP contribution in [0.1, 0.15) is 61.8 Å². The summed E-state index contributed by atoms with van der Waals surface area (Å²) in [4.78, 5) is 0. The molecule has 0 radical (unpaired) electrons. The summed E-state index contributed by atoms with van der Waals surface area (Å²) in [5, 5.41) is 20.8. The van der Waals surface area contributed by atoms with Crippen molar-refractivity contribution in [3.05, 3.63) is 46.5 Å². The Bertz CT molecular complexity index is 934. The Morgan fingerprint density at radius 3 is 1.21 bits per heavy atom. The van der Waals surface area contributed by atoms with Crippen LogP contribution in [0, 0.1) is 22.7 Å². The third-order valence-corrected chi connectivity index (χ3v) is 5.86. The van der Waals surface area contributed by atoms with Crippen molar-refractivity contribution >= 4 is 10.8 Å². The first kappa shape index (κ1) is 31.7. The van der Waals surface area contributed by atoms with Crippen LogP contribution in [-0.4, -0.2) is 66.1 Å². The molecule has 0 bridgehead atoms. The number of benzene rings is 2. The van der Waals surface area contributed by atoms with Gasteiger partial charge in [0.1, 0.15) is 12.1 Å². The SMILES string of the molecule is CCCCOCCOCCOCc1ccc(COCCOCCOCCCC)c2cc(C#N)c(C#N)cc12. The number of nitriles is 2. The van der Waals surface area contributed by atoms with Crippen molar-refractivity contribution in [2.75, 3.05) is 66.1 Å². The van der Waals surface area contributed by atoms with Gasteiger partial charge in [-0.25, -0.2) is 0 Å². The van der Waals surface area contributed by atoms with E-state index in [1.807, 2.05) is 12.1 Å². The number of hydrogen-bond acceptors (Lipinski definition) is 8. The van der Waals surface area contributed by atoms with Crippen LogP contribution in [0.3, 0.4) is 0 Å². The zero-order valence-electron chi connectivity index (χ0n) is 23.0. The molecule has 8 nitrogen and oxygen atoms in total. The molecule has 2 aromatic carbocycles. The van der Waals surface area contributed by atoms with Crippen LogP contribution in [0.15, 0.2) is 24.3 Å². The van der Waals surface area contributed by atoms with Crippen molar-refractivity contribution < 1.29 is 28.4 Å². The van der Waals surface area contributed by atoms with E-state index < -0.39 is 0 Å². The fraction of sp³-hybridized carbons (Fsp3) is 0.600. The minimum atomic E-state index is 0.347. The van der Waals surface area contributed by atoms with Crippen LogP contribution in [0.2, 0.25) is 0 Å². The van der Waals surface area contributed by atoms with E-state index in [9.17, 15) is 10.5 Å². The van der Waals surface area contributed by atoms with Crippen molar-refractivity contribution in [1.82, 2.24) is 0 Å². The van der Waals surface area contributed by atoms with Gasteiger partial charge in [-0.15, -0.1) is 0 Å². The maximum absolute atomic E-state index is 9.53. The molecule has 0 aliphatic heterocycles. The molecule has 8 heteroatoms. The molecule has 0 atom stereocenters. The van der Waals surface area contributed by atoms with Gasteiger partial charge in [-0.05, 0) is 46.9 Å². The van der Waals surface area contributed by atoms with Gasteiger partial charge in [-0.1, -0.05) is 38.8 Å². The van der Waals surface area contributed by atoms with Gasteiger partial charge in [0.25, 0.3) is 0 Å². The molecule has 0 aromatic heterocycles. The number of fused-ring (bicyclic) bond motifs is 1. The first-order valence-corrected chi connectivity index (χ1v) is 13.6. The van der Waals surface area contributed by atoms with Gasteiger partial charge in [-0.2, -0.15) is 10.5 Å². The van der Waals surface area contributed by atoms with Crippen LogP contribution in [0.5, 0.6) is 0 Å². The zero-order chi connectivity index (χ0) is 27.3. The Hall–Kier alpha value is -2.56. The van der Waals surface area contributed by atoms with E-state index in [-0.39, 0.29) is 0 Å². The van der Waals surface area contributed by atoms with Crippen molar-refractivity contribution in [1.29, 1.82) is 10.5 Å². The summed E-state index contributed by atoms with van der Waals surface area (Å²) in [6.45, 7) is 10.7. The summed E-state index contributed by atoms with van der Waals surface area (Å²) in [5.41, 5.74) is 2.58. The molecule has 0 N–H and O–H groups in total. The maximum Gasteiger partial charge on any atom is 0.101 e. The molecule has 2 aromatic rings. The molecule has 0 fully saturated rings. The molecule has 0 aliphatic rings. The van der Waals surface area contributed by atoms with E-state index in [0.29, 0.717) is 77.2 Å². The van der Waals surface area contributed by atoms with Gasteiger partial charge in [-0.3, -0.25) is 0 Å². The molecule has 0 saturated heterocycles. The molecular formula is C30H42N2O6. The molecule has 38 heavy (non-hydrogen) atoms. The smallest absolute Gasteiger partial charge is 0.101 e. The maximum atomic E-state index is 9.53. The first-order chi connectivity index (χ1) is 18.7. The average Bonchev–Trinajstić information content (AvgIpc) is 2.94. The van der Waals surface area contributed by atoms with E-state index in [2.05, 4.69) is 26.0 Å². The first-order valence-electron chi connectivity index (χ1n) is 13.6. The van der Waals surface area contributed by atoms with Crippen molar-refractivity contribution in [2.24, 2.45) is 0 Å². The van der Waals surface area contributed by atoms with Gasteiger partial charge in [0, 0.05) is 13.2 Å². The third kappa shape index (κ3) is 11.9. The van der Waals surface area contributed by atoms with E-state index in [1.54, 1.807) is 12.1 Å². The predicted molar refractivity (Wildman–Crippen MR) is 146 cm³/mol. The monoisotopic (exact) mass is 526 g/mol. The van der Waals surface area contributed by atoms with Crippen molar-refractivity contribution in [3.8, 4) is 12.1 Å². The molecule has 2 rings (SSSR count). The van der Waals surface area contributed by atoms with Crippen LogP contribution >= 0.6 is 0 Å². The molecule has 208 valence electrons. The zero-order valence-corrected chi connectivity index (χ0v) is 23.0. The summed E-state index contributed by atoms with van der Waals surface area (Å²) in [6, 6.07) is 11.8. The summed E-state index contributed by atoms with van der Waals surface area (Å²) in [6.07, 6.45) is 4.37. The molecule has 0 saturated carbocycles. The largest absolute Gasteiger partial charge is 0.379 e. The topological polar surface area (TPSA) is 103 Å². The minimum Gasteiger partial charge on any atom is -0.379 e. The van der Waals surface area contributed by atoms with Gasteiger partial charge in [0.15, 0.2) is 0 Å². The van der Waals surface area contributed by atoms with Crippen LogP contribution < -0.4 is 0 Å². The van der Waals surface area contributed by atoms with Crippen LogP contribution in [0.4, 0.5) is 0 Å². The highest BCUT2D eigenvalue weighted by Crippen LogP contribution is 2.28. The second-order valence-electron chi connectivity index (χ2n) is 8.81. The molecule has 0 unspecified atom stereocenters. The fourth-order valence-corrected chi connectivity index (χ4v) is 3.69. The van der Waals surface area contributed by atoms with Crippen LogP contribution in [0.25, 0.3) is 10.8 Å². The number of hydrogen-bond donors (Lipinski definition) is 0. The second kappa shape index (κ2) is 20.4.